The quantitative estimate of drug-likeness (QED) is 0.377. The molecule has 0 spiro atoms. The van der Waals surface area contributed by atoms with E-state index in [4.69, 9.17) is 17.3 Å². The first kappa shape index (κ1) is 26.4. The molecule has 190 valence electrons. The van der Waals surface area contributed by atoms with E-state index in [2.05, 4.69) is 0 Å². The van der Waals surface area contributed by atoms with Crippen molar-refractivity contribution in [2.75, 3.05) is 6.54 Å². The Morgan fingerprint density at radius 3 is 2.14 bits per heavy atom. The lowest BCUT2D eigenvalue weighted by molar-refractivity contribution is -0.121. The van der Waals surface area contributed by atoms with E-state index in [0.717, 1.165) is 42.4 Å². The summed E-state index contributed by atoms with van der Waals surface area (Å²) >= 11 is 6.00. The highest BCUT2D eigenvalue weighted by molar-refractivity contribution is 7.89. The minimum Gasteiger partial charge on any atom is -0.369 e. The van der Waals surface area contributed by atoms with Crippen LogP contribution in [0.25, 0.3) is 0 Å². The van der Waals surface area contributed by atoms with Crippen molar-refractivity contribution in [3.05, 3.63) is 101 Å². The highest BCUT2D eigenvalue weighted by Crippen LogP contribution is 2.39. The molecule has 3 aromatic rings. The molecule has 0 heterocycles. The molecule has 1 amide bonds. The van der Waals surface area contributed by atoms with Gasteiger partial charge in [0.25, 0.3) is 0 Å². The number of benzene rings is 3. The number of amides is 1. The summed E-state index contributed by atoms with van der Waals surface area (Å²) in [5.74, 6) is -0.237. The number of aryl methyl sites for hydroxylation is 1. The minimum absolute atomic E-state index is 0.164. The maximum Gasteiger partial charge on any atom is 0.243 e. The molecule has 2 N–H and O–H groups in total. The summed E-state index contributed by atoms with van der Waals surface area (Å²) in [6.45, 7) is 2.75. The van der Waals surface area contributed by atoms with Crippen molar-refractivity contribution in [2.45, 2.75) is 50.0 Å². The van der Waals surface area contributed by atoms with Crippen LogP contribution in [-0.4, -0.2) is 25.2 Å². The van der Waals surface area contributed by atoms with Gasteiger partial charge in [-0.05, 0) is 79.8 Å². The lowest BCUT2D eigenvalue weighted by Gasteiger charge is -2.35. The van der Waals surface area contributed by atoms with Gasteiger partial charge < -0.3 is 5.73 Å². The van der Waals surface area contributed by atoms with E-state index in [9.17, 15) is 13.2 Å². The molecule has 1 saturated carbocycles. The second-order valence-electron chi connectivity index (χ2n) is 9.81. The number of hydrogen-bond donors (Lipinski definition) is 1. The van der Waals surface area contributed by atoms with Crippen molar-refractivity contribution < 1.29 is 13.2 Å². The Morgan fingerprint density at radius 1 is 0.944 bits per heavy atom. The molecule has 1 aliphatic carbocycles. The topological polar surface area (TPSA) is 80.5 Å². The van der Waals surface area contributed by atoms with E-state index in [-0.39, 0.29) is 28.6 Å². The molecule has 3 aromatic carbocycles. The van der Waals surface area contributed by atoms with Crippen LogP contribution in [0.4, 0.5) is 0 Å². The molecule has 7 heteroatoms. The summed E-state index contributed by atoms with van der Waals surface area (Å²) in [6, 6.07) is 24.0. The third-order valence-electron chi connectivity index (χ3n) is 7.22. The van der Waals surface area contributed by atoms with E-state index in [0.29, 0.717) is 18.1 Å². The van der Waals surface area contributed by atoms with E-state index < -0.39 is 10.0 Å². The Bertz CT molecular complexity index is 1250. The fourth-order valence-electron chi connectivity index (χ4n) is 5.22. The lowest BCUT2D eigenvalue weighted by Crippen LogP contribution is -2.37. The Kier molecular flexibility index (Phi) is 8.50. The van der Waals surface area contributed by atoms with Gasteiger partial charge in [0.15, 0.2) is 0 Å². The first-order valence-corrected chi connectivity index (χ1v) is 14.2. The number of nitrogens with zero attached hydrogens (tertiary/aromatic N) is 1. The Balaban J connectivity index is 1.50. The van der Waals surface area contributed by atoms with Crippen LogP contribution >= 0.6 is 11.6 Å². The standard InChI is InChI=1S/C29H33ClN2O3S/c1-21-7-11-24(12-8-21)28(29(31)33)25-13-9-23(10-14-25)20-32(19-22-5-3-2-4-6-22)36(34,35)27-17-15-26(30)16-18-27/h2-8,11-12,15-18,23,25,28H,9-10,13-14,19-20H2,1H3,(H2,31,33). The molecule has 0 radical (unpaired) electrons. The van der Waals surface area contributed by atoms with Gasteiger partial charge in [0.2, 0.25) is 15.9 Å². The molecule has 36 heavy (non-hydrogen) atoms. The van der Waals surface area contributed by atoms with Crippen LogP contribution in [0.1, 0.15) is 48.3 Å². The normalized spacial score (nSPS) is 19.2. The number of sulfonamides is 1. The van der Waals surface area contributed by atoms with E-state index >= 15 is 0 Å². The molecule has 1 atom stereocenters. The summed E-state index contributed by atoms with van der Waals surface area (Å²) in [6.07, 6.45) is 3.38. The van der Waals surface area contributed by atoms with Gasteiger partial charge in [-0.15, -0.1) is 0 Å². The van der Waals surface area contributed by atoms with Gasteiger partial charge in [-0.1, -0.05) is 71.8 Å². The van der Waals surface area contributed by atoms with Crippen LogP contribution in [0.5, 0.6) is 0 Å². The molecular formula is C29H33ClN2O3S. The van der Waals surface area contributed by atoms with Gasteiger partial charge in [0, 0.05) is 18.1 Å². The molecule has 5 nitrogen and oxygen atoms in total. The van der Waals surface area contributed by atoms with E-state index in [1.807, 2.05) is 61.5 Å². The third kappa shape index (κ3) is 6.36. The average Bonchev–Trinajstić information content (AvgIpc) is 2.87. The van der Waals surface area contributed by atoms with Crippen molar-refractivity contribution in [1.82, 2.24) is 4.31 Å². The van der Waals surface area contributed by atoms with Gasteiger partial charge >= 0.3 is 0 Å². The third-order valence-corrected chi connectivity index (χ3v) is 9.30. The molecule has 0 aliphatic heterocycles. The van der Waals surface area contributed by atoms with E-state index in [1.165, 1.54) is 0 Å². The number of halogens is 1. The number of nitrogens with two attached hydrogens (primary N) is 1. The van der Waals surface area contributed by atoms with Crippen LogP contribution in [0.2, 0.25) is 5.02 Å². The summed E-state index contributed by atoms with van der Waals surface area (Å²) in [5.41, 5.74) is 8.89. The molecule has 4 rings (SSSR count). The zero-order valence-corrected chi connectivity index (χ0v) is 22.1. The fraction of sp³-hybridized carbons (Fsp3) is 0.345. The van der Waals surface area contributed by atoms with Gasteiger partial charge in [0.05, 0.1) is 10.8 Å². The lowest BCUT2D eigenvalue weighted by atomic mass is 9.73. The molecular weight excluding hydrogens is 492 g/mol. The smallest absolute Gasteiger partial charge is 0.243 e. The van der Waals surface area contributed by atoms with Crippen LogP contribution in [-0.2, 0) is 21.4 Å². The van der Waals surface area contributed by atoms with Gasteiger partial charge in [-0.3, -0.25) is 4.79 Å². The number of carbonyl (C=O) groups excluding carboxylic acids is 1. The van der Waals surface area contributed by atoms with Gasteiger partial charge in [0.1, 0.15) is 0 Å². The Morgan fingerprint density at radius 2 is 1.56 bits per heavy atom. The molecule has 0 bridgehead atoms. The second kappa shape index (κ2) is 11.6. The molecule has 1 fully saturated rings. The zero-order valence-electron chi connectivity index (χ0n) is 20.5. The number of hydrogen-bond acceptors (Lipinski definition) is 3. The molecule has 0 saturated heterocycles. The van der Waals surface area contributed by atoms with Gasteiger partial charge in [-0.25, -0.2) is 8.42 Å². The van der Waals surface area contributed by atoms with Crippen molar-refractivity contribution in [3.63, 3.8) is 0 Å². The Hall–Kier alpha value is -2.67. The molecule has 0 aromatic heterocycles. The minimum atomic E-state index is -3.71. The van der Waals surface area contributed by atoms with Crippen molar-refractivity contribution in [2.24, 2.45) is 17.6 Å². The maximum absolute atomic E-state index is 13.6. The van der Waals surface area contributed by atoms with E-state index in [1.54, 1.807) is 28.6 Å². The molecule has 1 aliphatic rings. The largest absolute Gasteiger partial charge is 0.369 e. The van der Waals surface area contributed by atoms with Crippen LogP contribution in [0.3, 0.4) is 0 Å². The van der Waals surface area contributed by atoms with Crippen LogP contribution in [0, 0.1) is 18.8 Å². The van der Waals surface area contributed by atoms with Gasteiger partial charge in [-0.2, -0.15) is 4.31 Å². The predicted octanol–water partition coefficient (Wildman–Crippen LogP) is 5.91. The van der Waals surface area contributed by atoms with Crippen LogP contribution in [0.15, 0.2) is 83.8 Å². The number of primary amides is 1. The second-order valence-corrected chi connectivity index (χ2v) is 12.2. The highest BCUT2D eigenvalue weighted by Gasteiger charge is 2.34. The zero-order chi connectivity index (χ0) is 25.7. The SMILES string of the molecule is Cc1ccc(C(C(N)=O)C2CCC(CN(Cc3ccccc3)S(=O)(=O)c3ccc(Cl)cc3)CC2)cc1. The average molecular weight is 525 g/mol. The highest BCUT2D eigenvalue weighted by atomic mass is 35.5. The van der Waals surface area contributed by atoms with Crippen LogP contribution < -0.4 is 5.73 Å². The summed E-state index contributed by atoms with van der Waals surface area (Å²) in [5, 5.41) is 0.500. The first-order valence-electron chi connectivity index (χ1n) is 12.4. The fourth-order valence-corrected chi connectivity index (χ4v) is 6.86. The number of rotatable bonds is 9. The monoisotopic (exact) mass is 524 g/mol. The van der Waals surface area contributed by atoms with Crippen molar-refractivity contribution in [3.8, 4) is 0 Å². The molecule has 1 unspecified atom stereocenters. The summed E-state index contributed by atoms with van der Waals surface area (Å²) < 4.78 is 28.8. The maximum atomic E-state index is 13.6. The van der Waals surface area contributed by atoms with Crippen molar-refractivity contribution >= 4 is 27.5 Å². The summed E-state index contributed by atoms with van der Waals surface area (Å²) in [4.78, 5) is 12.6. The summed E-state index contributed by atoms with van der Waals surface area (Å²) in [7, 11) is -3.71. The first-order chi connectivity index (χ1) is 17.2. The predicted molar refractivity (Wildman–Crippen MR) is 144 cm³/mol. The number of carbonyl (C=O) groups is 1. The van der Waals surface area contributed by atoms with Crippen molar-refractivity contribution in [1.29, 1.82) is 0 Å². The Labute approximate surface area is 219 Å².